The van der Waals surface area contributed by atoms with Crippen LogP contribution in [0.15, 0.2) is 54.1 Å². The molecular weight excluding hydrogens is 264 g/mol. The van der Waals surface area contributed by atoms with Crippen molar-refractivity contribution in [1.82, 2.24) is 9.97 Å². The molecule has 0 amide bonds. The molecule has 0 saturated carbocycles. The summed E-state index contributed by atoms with van der Waals surface area (Å²) in [5.74, 6) is 0.0350. The van der Waals surface area contributed by atoms with E-state index in [0.717, 1.165) is 11.0 Å². The first-order valence-corrected chi connectivity index (χ1v) is 6.59. The van der Waals surface area contributed by atoms with Crippen LogP contribution in [0.4, 0.5) is 0 Å². The third kappa shape index (κ3) is 1.73. The van der Waals surface area contributed by atoms with Gasteiger partial charge in [-0.1, -0.05) is 36.4 Å². The fourth-order valence-electron chi connectivity index (χ4n) is 2.58. The van der Waals surface area contributed by atoms with Gasteiger partial charge in [-0.15, -0.1) is 0 Å². The van der Waals surface area contributed by atoms with E-state index >= 15 is 0 Å². The van der Waals surface area contributed by atoms with Gasteiger partial charge in [-0.3, -0.25) is 9.59 Å². The summed E-state index contributed by atoms with van der Waals surface area (Å²) < 4.78 is 0. The topological polar surface area (TPSA) is 62.8 Å². The molecule has 0 radical (unpaired) electrons. The molecule has 4 rings (SSSR count). The second-order valence-electron chi connectivity index (χ2n) is 4.90. The molecule has 0 unspecified atom stereocenters. The van der Waals surface area contributed by atoms with Crippen molar-refractivity contribution in [2.75, 3.05) is 0 Å². The number of carbonyl (C=O) groups excluding carboxylic acids is 2. The summed E-state index contributed by atoms with van der Waals surface area (Å²) in [6.07, 6.45) is 1.53. The van der Waals surface area contributed by atoms with Crippen molar-refractivity contribution >= 4 is 28.7 Å². The number of ketones is 2. The number of hydrogen-bond acceptors (Lipinski definition) is 3. The minimum absolute atomic E-state index is 0.162. The number of hydrogen-bond donors (Lipinski definition) is 1. The van der Waals surface area contributed by atoms with E-state index in [-0.39, 0.29) is 17.1 Å². The van der Waals surface area contributed by atoms with Crippen LogP contribution in [-0.4, -0.2) is 21.5 Å². The van der Waals surface area contributed by atoms with Crippen LogP contribution in [0.25, 0.3) is 17.1 Å². The van der Waals surface area contributed by atoms with Crippen molar-refractivity contribution in [3.63, 3.8) is 0 Å². The number of H-pyrrole nitrogens is 1. The lowest BCUT2D eigenvalue weighted by atomic mass is 10.1. The molecule has 1 aromatic heterocycles. The first-order chi connectivity index (χ1) is 10.2. The molecule has 100 valence electrons. The fourth-order valence-corrected chi connectivity index (χ4v) is 2.58. The van der Waals surface area contributed by atoms with Crippen LogP contribution in [0.3, 0.4) is 0 Å². The molecule has 21 heavy (non-hydrogen) atoms. The molecule has 0 saturated heterocycles. The molecule has 0 bridgehead atoms. The van der Waals surface area contributed by atoms with Crippen LogP contribution in [0.5, 0.6) is 0 Å². The summed E-state index contributed by atoms with van der Waals surface area (Å²) in [4.78, 5) is 32.1. The fraction of sp³-hybridized carbons (Fsp3) is 0. The second kappa shape index (κ2) is 4.24. The Morgan fingerprint density at radius 2 is 1.48 bits per heavy atom. The number of carbonyl (C=O) groups is 2. The lowest BCUT2D eigenvalue weighted by molar-refractivity contribution is 0.0990. The van der Waals surface area contributed by atoms with Gasteiger partial charge in [0.05, 0.1) is 16.6 Å². The van der Waals surface area contributed by atoms with Crippen LogP contribution in [0, 0.1) is 0 Å². The zero-order valence-electron chi connectivity index (χ0n) is 11.0. The van der Waals surface area contributed by atoms with E-state index in [0.29, 0.717) is 17.0 Å². The number of nitrogens with zero attached hydrogens (tertiary/aromatic N) is 1. The molecule has 4 heteroatoms. The quantitative estimate of drug-likeness (QED) is 0.548. The van der Waals surface area contributed by atoms with Crippen molar-refractivity contribution in [2.24, 2.45) is 0 Å². The number of aromatic amines is 1. The lowest BCUT2D eigenvalue weighted by Crippen LogP contribution is -2.00. The highest BCUT2D eigenvalue weighted by atomic mass is 16.2. The van der Waals surface area contributed by atoms with Gasteiger partial charge in [0, 0.05) is 11.1 Å². The molecule has 0 atom stereocenters. The van der Waals surface area contributed by atoms with Crippen molar-refractivity contribution < 1.29 is 9.59 Å². The zero-order chi connectivity index (χ0) is 14.4. The van der Waals surface area contributed by atoms with Gasteiger partial charge in [-0.25, -0.2) is 4.98 Å². The number of imidazole rings is 1. The number of rotatable bonds is 1. The number of allylic oxidation sites excluding steroid dienone is 1. The Hall–Kier alpha value is -3.01. The van der Waals surface area contributed by atoms with E-state index in [1.54, 1.807) is 24.3 Å². The molecule has 1 N–H and O–H groups in total. The Labute approximate surface area is 120 Å². The largest absolute Gasteiger partial charge is 0.338 e. The number of nitrogens with one attached hydrogen (secondary N) is 1. The summed E-state index contributed by atoms with van der Waals surface area (Å²) >= 11 is 0. The van der Waals surface area contributed by atoms with Gasteiger partial charge in [-0.05, 0) is 18.2 Å². The van der Waals surface area contributed by atoms with E-state index in [9.17, 15) is 9.59 Å². The maximum Gasteiger partial charge on any atom is 0.197 e. The maximum absolute atomic E-state index is 12.3. The number of para-hydroxylation sites is 2. The van der Waals surface area contributed by atoms with Crippen molar-refractivity contribution in [1.29, 1.82) is 0 Å². The van der Waals surface area contributed by atoms with Gasteiger partial charge in [0.2, 0.25) is 0 Å². The summed E-state index contributed by atoms with van der Waals surface area (Å²) in [7, 11) is 0. The highest BCUT2D eigenvalue weighted by Gasteiger charge is 2.32. The average Bonchev–Trinajstić information content (AvgIpc) is 3.02. The maximum atomic E-state index is 12.3. The molecular formula is C17H10N2O2. The molecule has 0 spiro atoms. The molecule has 1 aliphatic rings. The van der Waals surface area contributed by atoms with Crippen LogP contribution >= 0.6 is 0 Å². The van der Waals surface area contributed by atoms with Gasteiger partial charge in [0.1, 0.15) is 5.82 Å². The number of Topliss-reactive ketones (excluding diaryl/α,β-unsaturated/α-hetero) is 2. The predicted molar refractivity (Wildman–Crippen MR) is 79.2 cm³/mol. The summed E-state index contributed by atoms with van der Waals surface area (Å²) in [5, 5.41) is 0. The number of benzene rings is 2. The van der Waals surface area contributed by atoms with Crippen molar-refractivity contribution in [3.8, 4) is 0 Å². The number of aromatic nitrogens is 2. The normalized spacial score (nSPS) is 13.8. The van der Waals surface area contributed by atoms with Crippen LogP contribution < -0.4 is 0 Å². The smallest absolute Gasteiger partial charge is 0.197 e. The van der Waals surface area contributed by atoms with E-state index in [2.05, 4.69) is 9.97 Å². The molecule has 1 aliphatic carbocycles. The van der Waals surface area contributed by atoms with Gasteiger partial charge >= 0.3 is 0 Å². The van der Waals surface area contributed by atoms with E-state index in [4.69, 9.17) is 0 Å². The van der Waals surface area contributed by atoms with Gasteiger partial charge in [-0.2, -0.15) is 0 Å². The first-order valence-electron chi connectivity index (χ1n) is 6.59. The van der Waals surface area contributed by atoms with Crippen molar-refractivity contribution in [3.05, 3.63) is 71.1 Å². The van der Waals surface area contributed by atoms with E-state index in [1.807, 2.05) is 24.3 Å². The molecule has 0 fully saturated rings. The first kappa shape index (κ1) is 11.8. The Morgan fingerprint density at radius 3 is 2.14 bits per heavy atom. The Kier molecular flexibility index (Phi) is 2.38. The van der Waals surface area contributed by atoms with Gasteiger partial charge < -0.3 is 4.98 Å². The number of fused-ring (bicyclic) bond motifs is 2. The average molecular weight is 274 g/mol. The van der Waals surface area contributed by atoms with Gasteiger partial charge in [0.25, 0.3) is 0 Å². The zero-order valence-corrected chi connectivity index (χ0v) is 11.0. The second-order valence-corrected chi connectivity index (χ2v) is 4.90. The monoisotopic (exact) mass is 274 g/mol. The Bertz CT molecular complexity index is 865. The highest BCUT2D eigenvalue weighted by molar-refractivity contribution is 6.41. The molecule has 1 heterocycles. The molecule has 0 aliphatic heterocycles. The molecule has 3 aromatic rings. The molecule has 4 nitrogen and oxygen atoms in total. The Morgan fingerprint density at radius 1 is 0.857 bits per heavy atom. The van der Waals surface area contributed by atoms with Crippen LogP contribution in [0.2, 0.25) is 0 Å². The van der Waals surface area contributed by atoms with Gasteiger partial charge in [0.15, 0.2) is 11.6 Å². The third-order valence-electron chi connectivity index (χ3n) is 3.59. The van der Waals surface area contributed by atoms with E-state index < -0.39 is 0 Å². The Balaban J connectivity index is 1.84. The SMILES string of the molecule is O=C1C(=Cc2nc3ccccc3[nH]2)C(=O)c2ccccc21. The predicted octanol–water partition coefficient (Wildman–Crippen LogP) is 3.03. The highest BCUT2D eigenvalue weighted by Crippen LogP contribution is 2.27. The summed E-state index contributed by atoms with van der Waals surface area (Å²) in [6.45, 7) is 0. The minimum atomic E-state index is -0.240. The van der Waals surface area contributed by atoms with Crippen LogP contribution in [0.1, 0.15) is 26.5 Å². The van der Waals surface area contributed by atoms with Crippen molar-refractivity contribution in [2.45, 2.75) is 0 Å². The summed E-state index contributed by atoms with van der Waals surface area (Å²) in [6, 6.07) is 14.4. The molecule has 2 aromatic carbocycles. The standard InChI is InChI=1S/C17H10N2O2/c20-16-10-5-1-2-6-11(10)17(21)12(16)9-15-18-13-7-3-4-8-14(13)19-15/h1-9H,(H,18,19). The lowest BCUT2D eigenvalue weighted by Gasteiger charge is -1.91. The van der Waals surface area contributed by atoms with E-state index in [1.165, 1.54) is 6.08 Å². The summed E-state index contributed by atoms with van der Waals surface area (Å²) in [5.41, 5.74) is 2.77. The minimum Gasteiger partial charge on any atom is -0.338 e. The van der Waals surface area contributed by atoms with Crippen LogP contribution in [-0.2, 0) is 0 Å². The third-order valence-corrected chi connectivity index (χ3v) is 3.59.